The first-order valence-corrected chi connectivity index (χ1v) is 3.96. The second-order valence-corrected chi connectivity index (χ2v) is 2.36. The van der Waals surface area contributed by atoms with Gasteiger partial charge in [0.2, 0.25) is 0 Å². The van der Waals surface area contributed by atoms with E-state index in [1.54, 1.807) is 7.11 Å². The van der Waals surface area contributed by atoms with Gasteiger partial charge >= 0.3 is 0 Å². The lowest BCUT2D eigenvalue weighted by molar-refractivity contribution is 0.0683. The molecule has 0 bridgehead atoms. The fourth-order valence-electron chi connectivity index (χ4n) is 0.431. The molecule has 9 heavy (non-hydrogen) atoms. The highest BCUT2D eigenvalue weighted by molar-refractivity contribution is 7.96. The molecule has 0 heterocycles. The van der Waals surface area contributed by atoms with Crippen LogP contribution in [0.3, 0.4) is 0 Å². The fraction of sp³-hybridized carbons (Fsp3) is 1.00. The predicted molar refractivity (Wildman–Crippen MR) is 39.4 cm³/mol. The molecule has 0 aliphatic rings. The third kappa shape index (κ3) is 6.11. The SMILES string of the molecule is COCC(O)CNSC. The maximum absolute atomic E-state index is 8.98. The van der Waals surface area contributed by atoms with Crippen LogP contribution in [0.2, 0.25) is 0 Å². The highest BCUT2D eigenvalue weighted by atomic mass is 32.2. The molecule has 0 amide bonds. The van der Waals surface area contributed by atoms with Crippen LogP contribution in [0.25, 0.3) is 0 Å². The minimum Gasteiger partial charge on any atom is -0.389 e. The van der Waals surface area contributed by atoms with Gasteiger partial charge in [0.15, 0.2) is 0 Å². The molecule has 0 aliphatic carbocycles. The summed E-state index contributed by atoms with van der Waals surface area (Å²) < 4.78 is 7.62. The molecule has 0 saturated carbocycles. The molecule has 0 aromatic heterocycles. The Labute approximate surface area is 59.9 Å². The van der Waals surface area contributed by atoms with Crippen molar-refractivity contribution in [1.29, 1.82) is 0 Å². The van der Waals surface area contributed by atoms with Crippen molar-refractivity contribution in [3.05, 3.63) is 0 Å². The average Bonchev–Trinajstić information content (AvgIpc) is 1.85. The number of ether oxygens (including phenoxy) is 1. The Balaban J connectivity index is 2.95. The van der Waals surface area contributed by atoms with E-state index in [9.17, 15) is 0 Å². The van der Waals surface area contributed by atoms with Crippen molar-refractivity contribution >= 4 is 11.9 Å². The Kier molecular flexibility index (Phi) is 6.51. The number of rotatable bonds is 5. The van der Waals surface area contributed by atoms with Crippen molar-refractivity contribution in [3.63, 3.8) is 0 Å². The van der Waals surface area contributed by atoms with Gasteiger partial charge in [-0.2, -0.15) is 0 Å². The van der Waals surface area contributed by atoms with Gasteiger partial charge in [0.25, 0.3) is 0 Å². The topological polar surface area (TPSA) is 41.5 Å². The van der Waals surface area contributed by atoms with Crippen molar-refractivity contribution in [2.45, 2.75) is 6.10 Å². The minimum atomic E-state index is -0.387. The summed E-state index contributed by atoms with van der Waals surface area (Å²) in [6, 6.07) is 0. The van der Waals surface area contributed by atoms with Gasteiger partial charge in [-0.15, -0.1) is 0 Å². The van der Waals surface area contributed by atoms with Crippen LogP contribution in [0.1, 0.15) is 0 Å². The Hall–Kier alpha value is 0.230. The van der Waals surface area contributed by atoms with E-state index in [2.05, 4.69) is 4.72 Å². The second kappa shape index (κ2) is 6.35. The third-order valence-corrected chi connectivity index (χ3v) is 1.28. The molecule has 0 aromatic rings. The Morgan fingerprint density at radius 2 is 2.44 bits per heavy atom. The van der Waals surface area contributed by atoms with E-state index in [4.69, 9.17) is 9.84 Å². The summed E-state index contributed by atoms with van der Waals surface area (Å²) in [7, 11) is 1.57. The zero-order valence-electron chi connectivity index (χ0n) is 5.76. The fourth-order valence-corrected chi connectivity index (χ4v) is 0.790. The Morgan fingerprint density at radius 1 is 1.78 bits per heavy atom. The molecule has 0 aliphatic heterocycles. The number of methoxy groups -OCH3 is 1. The van der Waals surface area contributed by atoms with E-state index >= 15 is 0 Å². The van der Waals surface area contributed by atoms with Crippen LogP contribution in [0.5, 0.6) is 0 Å². The minimum absolute atomic E-state index is 0.387. The van der Waals surface area contributed by atoms with E-state index in [0.29, 0.717) is 13.2 Å². The van der Waals surface area contributed by atoms with Crippen LogP contribution in [0, 0.1) is 0 Å². The second-order valence-electron chi connectivity index (χ2n) is 1.66. The molecule has 1 unspecified atom stereocenters. The molecule has 0 radical (unpaired) electrons. The normalized spacial score (nSPS) is 13.7. The molecule has 0 spiro atoms. The van der Waals surface area contributed by atoms with Crippen LogP contribution < -0.4 is 4.72 Å². The summed E-state index contributed by atoms with van der Waals surface area (Å²) in [5.41, 5.74) is 0. The van der Waals surface area contributed by atoms with Gasteiger partial charge in [-0.25, -0.2) is 0 Å². The maximum atomic E-state index is 8.98. The zero-order valence-corrected chi connectivity index (χ0v) is 6.57. The van der Waals surface area contributed by atoms with Crippen LogP contribution >= 0.6 is 11.9 Å². The average molecular weight is 151 g/mol. The molecule has 1 atom stereocenters. The summed E-state index contributed by atoms with van der Waals surface area (Å²) in [5.74, 6) is 0. The first kappa shape index (κ1) is 9.23. The number of nitrogens with one attached hydrogen (secondary N) is 1. The molecule has 0 fully saturated rings. The summed E-state index contributed by atoms with van der Waals surface area (Å²) >= 11 is 1.49. The van der Waals surface area contributed by atoms with E-state index in [-0.39, 0.29) is 6.10 Å². The highest BCUT2D eigenvalue weighted by Crippen LogP contribution is 1.85. The molecular formula is C5H13NO2S. The van der Waals surface area contributed by atoms with Gasteiger partial charge in [-0.05, 0) is 6.26 Å². The molecule has 4 heteroatoms. The quantitative estimate of drug-likeness (QED) is 0.537. The van der Waals surface area contributed by atoms with Gasteiger partial charge in [0.05, 0.1) is 12.7 Å². The van der Waals surface area contributed by atoms with Crippen LogP contribution in [0.4, 0.5) is 0 Å². The molecule has 0 rings (SSSR count). The van der Waals surface area contributed by atoms with Crippen molar-refractivity contribution in [3.8, 4) is 0 Å². The lowest BCUT2D eigenvalue weighted by atomic mass is 10.4. The zero-order chi connectivity index (χ0) is 7.11. The Bertz CT molecular complexity index is 62.9. The summed E-state index contributed by atoms with van der Waals surface area (Å²) in [6.07, 6.45) is 1.53. The van der Waals surface area contributed by atoms with E-state index in [1.165, 1.54) is 11.9 Å². The standard InChI is InChI=1S/C5H13NO2S/c1-8-4-5(7)3-6-9-2/h5-7H,3-4H2,1-2H3. The first-order valence-electron chi connectivity index (χ1n) is 2.74. The van der Waals surface area contributed by atoms with Crippen molar-refractivity contribution in [1.82, 2.24) is 4.72 Å². The molecule has 0 saturated heterocycles. The monoisotopic (exact) mass is 151 g/mol. The third-order valence-electron chi connectivity index (χ3n) is 0.822. The smallest absolute Gasteiger partial charge is 0.0906 e. The summed E-state index contributed by atoms with van der Waals surface area (Å²) in [4.78, 5) is 0. The van der Waals surface area contributed by atoms with Gasteiger partial charge in [0.1, 0.15) is 0 Å². The van der Waals surface area contributed by atoms with E-state index in [0.717, 1.165) is 0 Å². The number of aliphatic hydroxyl groups is 1. The van der Waals surface area contributed by atoms with E-state index in [1.807, 2.05) is 6.26 Å². The molecule has 0 aromatic carbocycles. The van der Waals surface area contributed by atoms with Crippen molar-refractivity contribution in [2.75, 3.05) is 26.5 Å². The van der Waals surface area contributed by atoms with Crippen LogP contribution in [-0.2, 0) is 4.74 Å². The van der Waals surface area contributed by atoms with Crippen molar-refractivity contribution in [2.24, 2.45) is 0 Å². The largest absolute Gasteiger partial charge is 0.389 e. The lowest BCUT2D eigenvalue weighted by Crippen LogP contribution is -2.25. The number of aliphatic hydroxyl groups excluding tert-OH is 1. The van der Waals surface area contributed by atoms with Crippen molar-refractivity contribution < 1.29 is 9.84 Å². The van der Waals surface area contributed by atoms with E-state index < -0.39 is 0 Å². The van der Waals surface area contributed by atoms with Gasteiger partial charge < -0.3 is 9.84 Å². The van der Waals surface area contributed by atoms with Gasteiger partial charge in [-0.3, -0.25) is 4.72 Å². The maximum Gasteiger partial charge on any atom is 0.0906 e. The predicted octanol–water partition coefficient (Wildman–Crippen LogP) is -0.139. The number of hydrogen-bond donors (Lipinski definition) is 2. The molecular weight excluding hydrogens is 138 g/mol. The Morgan fingerprint density at radius 3 is 2.89 bits per heavy atom. The van der Waals surface area contributed by atoms with Gasteiger partial charge in [0, 0.05) is 13.7 Å². The number of hydrogen-bond acceptors (Lipinski definition) is 4. The molecule has 3 nitrogen and oxygen atoms in total. The van der Waals surface area contributed by atoms with Crippen LogP contribution in [-0.4, -0.2) is 37.7 Å². The first-order chi connectivity index (χ1) is 4.31. The summed E-state index contributed by atoms with van der Waals surface area (Å²) in [5, 5.41) is 8.98. The van der Waals surface area contributed by atoms with Crippen LogP contribution in [0.15, 0.2) is 0 Å². The molecule has 56 valence electrons. The molecule has 2 N–H and O–H groups in total. The van der Waals surface area contributed by atoms with Gasteiger partial charge in [-0.1, -0.05) is 11.9 Å². The summed E-state index contributed by atoms with van der Waals surface area (Å²) in [6.45, 7) is 0.975. The lowest BCUT2D eigenvalue weighted by Gasteiger charge is -2.07. The highest BCUT2D eigenvalue weighted by Gasteiger charge is 1.99.